The third-order valence-electron chi connectivity index (χ3n) is 5.65. The zero-order valence-corrected chi connectivity index (χ0v) is 16.5. The number of rotatable bonds is 4. The summed E-state index contributed by atoms with van der Waals surface area (Å²) in [6.07, 6.45) is 3.31. The number of phenols is 1. The van der Waals surface area contributed by atoms with Gasteiger partial charge in [0, 0.05) is 12.1 Å². The molecule has 144 valence electrons. The highest BCUT2D eigenvalue weighted by Crippen LogP contribution is 2.34. The maximum Gasteiger partial charge on any atom is 0.257 e. The molecule has 1 aliphatic rings. The van der Waals surface area contributed by atoms with Crippen molar-refractivity contribution in [3.8, 4) is 17.1 Å². The molecular weight excluding hydrogens is 348 g/mol. The van der Waals surface area contributed by atoms with Gasteiger partial charge in [0.25, 0.3) is 5.56 Å². The lowest BCUT2D eigenvalue weighted by atomic mass is 9.76. The predicted molar refractivity (Wildman–Crippen MR) is 112 cm³/mol. The van der Waals surface area contributed by atoms with E-state index < -0.39 is 0 Å². The van der Waals surface area contributed by atoms with Crippen molar-refractivity contribution in [1.82, 2.24) is 9.55 Å². The molecule has 0 saturated carbocycles. The molecule has 0 saturated heterocycles. The number of aromatic hydroxyl groups is 1. The highest BCUT2D eigenvalue weighted by Gasteiger charge is 2.30. The van der Waals surface area contributed by atoms with Crippen molar-refractivity contribution in [1.29, 1.82) is 0 Å². The summed E-state index contributed by atoms with van der Waals surface area (Å²) in [5, 5.41) is 10.4. The van der Waals surface area contributed by atoms with Gasteiger partial charge in [0.05, 0.1) is 11.3 Å². The Morgan fingerprint density at radius 1 is 1.07 bits per heavy atom. The molecule has 4 nitrogen and oxygen atoms in total. The number of hydrogen-bond acceptors (Lipinski definition) is 3. The van der Waals surface area contributed by atoms with Gasteiger partial charge in [0.2, 0.25) is 0 Å². The van der Waals surface area contributed by atoms with Gasteiger partial charge in [0.1, 0.15) is 11.6 Å². The van der Waals surface area contributed by atoms with Crippen LogP contribution < -0.4 is 5.56 Å². The fraction of sp³-hybridized carbons (Fsp3) is 0.333. The molecule has 0 spiro atoms. The maximum atomic E-state index is 13.5. The van der Waals surface area contributed by atoms with Gasteiger partial charge in [0.15, 0.2) is 0 Å². The van der Waals surface area contributed by atoms with E-state index in [9.17, 15) is 9.90 Å². The highest BCUT2D eigenvalue weighted by atomic mass is 16.3. The second-order valence-corrected chi connectivity index (χ2v) is 8.41. The molecule has 0 amide bonds. The van der Waals surface area contributed by atoms with Crippen LogP contribution in [0.25, 0.3) is 11.4 Å². The van der Waals surface area contributed by atoms with E-state index in [0.717, 1.165) is 36.9 Å². The van der Waals surface area contributed by atoms with Crippen molar-refractivity contribution >= 4 is 0 Å². The average Bonchev–Trinajstić information content (AvgIpc) is 2.68. The molecule has 0 unspecified atom stereocenters. The van der Waals surface area contributed by atoms with Crippen molar-refractivity contribution in [2.45, 2.75) is 46.1 Å². The topological polar surface area (TPSA) is 55.1 Å². The van der Waals surface area contributed by atoms with E-state index in [4.69, 9.17) is 4.98 Å². The van der Waals surface area contributed by atoms with Crippen molar-refractivity contribution in [2.75, 3.05) is 0 Å². The van der Waals surface area contributed by atoms with Crippen LogP contribution in [0.2, 0.25) is 0 Å². The number of benzene rings is 2. The van der Waals surface area contributed by atoms with E-state index in [-0.39, 0.29) is 16.7 Å². The van der Waals surface area contributed by atoms with Gasteiger partial charge >= 0.3 is 0 Å². The number of phenolic OH excluding ortho intramolecular Hbond substituents is 1. The Morgan fingerprint density at radius 3 is 2.54 bits per heavy atom. The fourth-order valence-corrected chi connectivity index (χ4v) is 4.01. The lowest BCUT2D eigenvalue weighted by Crippen LogP contribution is -2.35. The predicted octanol–water partition coefficient (Wildman–Crippen LogP) is 4.37. The van der Waals surface area contributed by atoms with E-state index in [0.29, 0.717) is 17.9 Å². The average molecular weight is 374 g/mol. The van der Waals surface area contributed by atoms with Crippen molar-refractivity contribution < 1.29 is 5.11 Å². The van der Waals surface area contributed by atoms with Crippen LogP contribution in [0.5, 0.6) is 5.75 Å². The number of para-hydroxylation sites is 1. The molecule has 1 aliphatic carbocycles. The van der Waals surface area contributed by atoms with Crippen LogP contribution in [0.1, 0.15) is 37.1 Å². The van der Waals surface area contributed by atoms with E-state index in [1.165, 1.54) is 5.56 Å². The van der Waals surface area contributed by atoms with Crippen LogP contribution >= 0.6 is 0 Å². The summed E-state index contributed by atoms with van der Waals surface area (Å²) in [6.45, 7) is 4.95. The molecule has 1 N–H and O–H groups in total. The zero-order valence-electron chi connectivity index (χ0n) is 16.5. The Balaban J connectivity index is 1.83. The first-order chi connectivity index (χ1) is 13.4. The van der Waals surface area contributed by atoms with Gasteiger partial charge in [-0.1, -0.05) is 56.3 Å². The minimum Gasteiger partial charge on any atom is -0.507 e. The van der Waals surface area contributed by atoms with Crippen LogP contribution in [0.15, 0.2) is 59.4 Å². The van der Waals surface area contributed by atoms with Gasteiger partial charge in [-0.05, 0) is 48.8 Å². The van der Waals surface area contributed by atoms with Gasteiger partial charge in [-0.3, -0.25) is 9.36 Å². The molecule has 4 heteroatoms. The van der Waals surface area contributed by atoms with Gasteiger partial charge in [-0.2, -0.15) is 0 Å². The number of nitrogens with zero attached hydrogens (tertiary/aromatic N) is 2. The lowest BCUT2D eigenvalue weighted by molar-refractivity contribution is 0.308. The summed E-state index contributed by atoms with van der Waals surface area (Å²) in [7, 11) is 0. The van der Waals surface area contributed by atoms with Gasteiger partial charge in [-0.25, -0.2) is 4.98 Å². The second-order valence-electron chi connectivity index (χ2n) is 8.41. The summed E-state index contributed by atoms with van der Waals surface area (Å²) < 4.78 is 1.75. The normalized spacial score (nSPS) is 15.2. The van der Waals surface area contributed by atoms with Crippen LogP contribution in [-0.4, -0.2) is 14.7 Å². The number of hydrogen-bond donors (Lipinski definition) is 1. The molecular formula is C24H26N2O2. The molecule has 28 heavy (non-hydrogen) atoms. The van der Waals surface area contributed by atoms with E-state index in [1.54, 1.807) is 16.7 Å². The third kappa shape index (κ3) is 3.59. The molecule has 1 aromatic heterocycles. The quantitative estimate of drug-likeness (QED) is 0.738. The Hall–Kier alpha value is -2.88. The number of aromatic nitrogens is 2. The van der Waals surface area contributed by atoms with Crippen molar-refractivity contribution in [3.05, 3.63) is 81.8 Å². The first kappa shape index (κ1) is 18.5. The van der Waals surface area contributed by atoms with Gasteiger partial charge in [-0.15, -0.1) is 0 Å². The molecule has 0 fully saturated rings. The second kappa shape index (κ2) is 7.27. The molecule has 1 heterocycles. The lowest BCUT2D eigenvalue weighted by Gasteiger charge is -2.31. The summed E-state index contributed by atoms with van der Waals surface area (Å²) in [5.41, 5.74) is 3.66. The first-order valence-corrected chi connectivity index (χ1v) is 9.89. The Labute approximate surface area is 165 Å². The molecule has 4 rings (SSSR count). The van der Waals surface area contributed by atoms with Crippen LogP contribution in [0, 0.1) is 5.41 Å². The molecule has 0 atom stereocenters. The molecule has 0 bridgehead atoms. The summed E-state index contributed by atoms with van der Waals surface area (Å²) in [5.74, 6) is 0.719. The molecule has 2 aromatic carbocycles. The molecule has 3 aromatic rings. The fourth-order valence-electron chi connectivity index (χ4n) is 4.01. The van der Waals surface area contributed by atoms with E-state index in [2.05, 4.69) is 26.0 Å². The largest absolute Gasteiger partial charge is 0.507 e. The summed E-state index contributed by atoms with van der Waals surface area (Å²) in [6, 6.07) is 17.3. The Bertz CT molecular complexity index is 1050. The van der Waals surface area contributed by atoms with Crippen LogP contribution in [-0.2, 0) is 25.8 Å². The highest BCUT2D eigenvalue weighted by molar-refractivity contribution is 5.64. The summed E-state index contributed by atoms with van der Waals surface area (Å²) in [4.78, 5) is 18.4. The molecule has 0 radical (unpaired) electrons. The minimum atomic E-state index is 0.0342. The smallest absolute Gasteiger partial charge is 0.257 e. The minimum absolute atomic E-state index is 0.0342. The van der Waals surface area contributed by atoms with Crippen molar-refractivity contribution in [2.24, 2.45) is 5.41 Å². The standard InChI is InChI=1S/C24H26N2O2/c1-24(2)14-12-20-19(16-24)23(28)26(15-13-17-8-4-3-5-9-17)22(25-20)18-10-6-7-11-21(18)27/h3-11,27H,12-16H2,1-2H3. The van der Waals surface area contributed by atoms with E-state index in [1.807, 2.05) is 30.3 Å². The van der Waals surface area contributed by atoms with Gasteiger partial charge < -0.3 is 5.11 Å². The number of fused-ring (bicyclic) bond motifs is 1. The Kier molecular flexibility index (Phi) is 4.80. The zero-order chi connectivity index (χ0) is 19.7. The SMILES string of the molecule is CC1(C)CCc2nc(-c3ccccc3O)n(CCc3ccccc3)c(=O)c2C1. The maximum absolute atomic E-state index is 13.5. The summed E-state index contributed by atoms with van der Waals surface area (Å²) >= 11 is 0. The van der Waals surface area contributed by atoms with Crippen LogP contribution in [0.4, 0.5) is 0 Å². The van der Waals surface area contributed by atoms with Crippen molar-refractivity contribution in [3.63, 3.8) is 0 Å². The Morgan fingerprint density at radius 2 is 1.79 bits per heavy atom. The first-order valence-electron chi connectivity index (χ1n) is 9.89. The third-order valence-corrected chi connectivity index (χ3v) is 5.65. The number of aryl methyl sites for hydroxylation is 2. The molecule has 0 aliphatic heterocycles. The monoisotopic (exact) mass is 374 g/mol. The van der Waals surface area contributed by atoms with Crippen LogP contribution in [0.3, 0.4) is 0 Å². The van der Waals surface area contributed by atoms with E-state index >= 15 is 0 Å².